The number of benzene rings is 2. The first-order valence-corrected chi connectivity index (χ1v) is 9.14. The van der Waals surface area contributed by atoms with Crippen LogP contribution in [0.25, 0.3) is 0 Å². The molecule has 3 aromatic rings. The van der Waals surface area contributed by atoms with Crippen molar-refractivity contribution >= 4 is 17.7 Å². The van der Waals surface area contributed by atoms with E-state index in [0.717, 1.165) is 11.1 Å². The van der Waals surface area contributed by atoms with Crippen molar-refractivity contribution in [3.05, 3.63) is 79.4 Å². The van der Waals surface area contributed by atoms with Gasteiger partial charge in [-0.25, -0.2) is 9.89 Å². The minimum Gasteiger partial charge on any atom is -0.493 e. The second-order valence-corrected chi connectivity index (χ2v) is 6.55. The van der Waals surface area contributed by atoms with Crippen LogP contribution in [0.1, 0.15) is 22.4 Å². The number of nitro groups is 1. The first-order chi connectivity index (χ1) is 14.9. The van der Waals surface area contributed by atoms with Crippen LogP contribution in [0.15, 0.2) is 46.3 Å². The second-order valence-electron chi connectivity index (χ2n) is 6.55. The third-order valence-electron chi connectivity index (χ3n) is 4.20. The van der Waals surface area contributed by atoms with E-state index < -0.39 is 10.6 Å². The molecule has 11 heteroatoms. The lowest BCUT2D eigenvalue weighted by Crippen LogP contribution is -2.15. The molecule has 1 aromatic heterocycles. The second kappa shape index (κ2) is 9.48. The van der Waals surface area contributed by atoms with Gasteiger partial charge in [0.2, 0.25) is 5.75 Å². The zero-order valence-electron chi connectivity index (χ0n) is 17.1. The molecule has 0 amide bonds. The molecule has 0 saturated heterocycles. The van der Waals surface area contributed by atoms with Gasteiger partial charge in [-0.3, -0.25) is 15.5 Å². The number of aromatic nitrogens is 3. The zero-order valence-corrected chi connectivity index (χ0v) is 17.1. The first-order valence-electron chi connectivity index (χ1n) is 9.14. The average molecular weight is 424 g/mol. The summed E-state index contributed by atoms with van der Waals surface area (Å²) in [6.07, 6.45) is 1.34. The molecule has 160 valence electrons. The molecule has 2 N–H and O–H groups in total. The molecule has 11 nitrogen and oxygen atoms in total. The summed E-state index contributed by atoms with van der Waals surface area (Å²) in [6.45, 7) is 3.73. The van der Waals surface area contributed by atoms with E-state index in [4.69, 9.17) is 9.47 Å². The van der Waals surface area contributed by atoms with Gasteiger partial charge in [0, 0.05) is 11.6 Å². The van der Waals surface area contributed by atoms with Crippen LogP contribution in [0.2, 0.25) is 0 Å². The van der Waals surface area contributed by atoms with E-state index in [0.29, 0.717) is 11.3 Å². The highest BCUT2D eigenvalue weighted by Gasteiger charge is 2.22. The molecule has 0 fully saturated rings. The van der Waals surface area contributed by atoms with Crippen molar-refractivity contribution in [3.8, 4) is 11.5 Å². The summed E-state index contributed by atoms with van der Waals surface area (Å²) < 4.78 is 11.0. The highest BCUT2D eigenvalue weighted by atomic mass is 16.6. The Labute approximate surface area is 176 Å². The quantitative estimate of drug-likeness (QED) is 0.319. The summed E-state index contributed by atoms with van der Waals surface area (Å²) in [5.41, 5.74) is 4.44. The highest BCUT2D eigenvalue weighted by molar-refractivity contribution is 5.83. The number of anilines is 1. The minimum atomic E-state index is -0.629. The van der Waals surface area contributed by atoms with E-state index in [2.05, 4.69) is 25.7 Å². The van der Waals surface area contributed by atoms with Crippen molar-refractivity contribution in [1.29, 1.82) is 0 Å². The standard InChI is InChI=1S/C20H20N6O5/c1-12-5-4-6-14(7-12)11-31-18-16(26(28)29)8-15(9-17(18)30-3)10-21-24-19-13(2)23-25-20(27)22-19/h4-10H,11H2,1-3H3,(H2,22,24,25,27)/b21-10+. The summed E-state index contributed by atoms with van der Waals surface area (Å²) >= 11 is 0. The number of H-pyrrole nitrogens is 1. The van der Waals surface area contributed by atoms with Gasteiger partial charge in [-0.15, -0.1) is 0 Å². The van der Waals surface area contributed by atoms with Gasteiger partial charge in [0.05, 0.1) is 18.2 Å². The fourth-order valence-electron chi connectivity index (χ4n) is 2.74. The highest BCUT2D eigenvalue weighted by Crippen LogP contribution is 2.38. The smallest absolute Gasteiger partial charge is 0.363 e. The van der Waals surface area contributed by atoms with Crippen molar-refractivity contribution in [2.75, 3.05) is 12.5 Å². The van der Waals surface area contributed by atoms with Gasteiger partial charge in [-0.2, -0.15) is 15.2 Å². The largest absolute Gasteiger partial charge is 0.493 e. The third-order valence-corrected chi connectivity index (χ3v) is 4.20. The Hall–Kier alpha value is -4.28. The van der Waals surface area contributed by atoms with Gasteiger partial charge in [0.15, 0.2) is 11.6 Å². The molecule has 0 unspecified atom stereocenters. The number of nitrogens with one attached hydrogen (secondary N) is 2. The molecule has 0 aliphatic heterocycles. The van der Waals surface area contributed by atoms with Crippen LogP contribution in [-0.2, 0) is 6.61 Å². The molecule has 31 heavy (non-hydrogen) atoms. The number of aryl methyl sites for hydroxylation is 2. The molecule has 2 aromatic carbocycles. The maximum atomic E-state index is 11.6. The number of rotatable bonds is 8. The number of aromatic amines is 1. The summed E-state index contributed by atoms with van der Waals surface area (Å²) in [7, 11) is 1.40. The Kier molecular flexibility index (Phi) is 6.55. The van der Waals surface area contributed by atoms with Crippen molar-refractivity contribution in [1.82, 2.24) is 15.2 Å². The van der Waals surface area contributed by atoms with Gasteiger partial charge >= 0.3 is 11.4 Å². The fourth-order valence-corrected chi connectivity index (χ4v) is 2.74. The summed E-state index contributed by atoms with van der Waals surface area (Å²) in [5.74, 6) is 0.380. The van der Waals surface area contributed by atoms with Gasteiger partial charge < -0.3 is 9.47 Å². The molecular weight excluding hydrogens is 404 g/mol. The van der Waals surface area contributed by atoms with Crippen molar-refractivity contribution in [2.45, 2.75) is 20.5 Å². The van der Waals surface area contributed by atoms with E-state index in [1.165, 1.54) is 19.4 Å². The van der Waals surface area contributed by atoms with Crippen LogP contribution in [0.4, 0.5) is 11.5 Å². The molecule has 0 bridgehead atoms. The molecule has 0 radical (unpaired) electrons. The summed E-state index contributed by atoms with van der Waals surface area (Å²) in [4.78, 5) is 26.1. The van der Waals surface area contributed by atoms with Gasteiger partial charge in [-0.05, 0) is 25.5 Å². The van der Waals surface area contributed by atoms with E-state index in [-0.39, 0.29) is 29.6 Å². The Morgan fingerprint density at radius 2 is 2.10 bits per heavy atom. The number of nitrogens with zero attached hydrogens (tertiary/aromatic N) is 4. The lowest BCUT2D eigenvalue weighted by molar-refractivity contribution is -0.386. The van der Waals surface area contributed by atoms with Crippen LogP contribution in [0.5, 0.6) is 11.5 Å². The molecule has 0 atom stereocenters. The predicted molar refractivity (Wildman–Crippen MR) is 114 cm³/mol. The fraction of sp³-hybridized carbons (Fsp3) is 0.200. The number of hydrogen-bond acceptors (Lipinski definition) is 9. The first kappa shape index (κ1) is 21.4. The molecule has 0 saturated carbocycles. The van der Waals surface area contributed by atoms with Gasteiger partial charge in [0.1, 0.15) is 12.3 Å². The normalized spacial score (nSPS) is 10.8. The SMILES string of the molecule is COc1cc(/C=N/Nc2nc(=O)[nH]nc2C)cc([N+](=O)[O-])c1OCc1cccc(C)c1. The Morgan fingerprint density at radius 1 is 1.29 bits per heavy atom. The van der Waals surface area contributed by atoms with E-state index in [1.807, 2.05) is 31.2 Å². The lowest BCUT2D eigenvalue weighted by Gasteiger charge is -2.12. The number of methoxy groups -OCH3 is 1. The number of ether oxygens (including phenoxy) is 2. The van der Waals surface area contributed by atoms with Crippen LogP contribution in [0.3, 0.4) is 0 Å². The molecule has 0 aliphatic carbocycles. The maximum absolute atomic E-state index is 11.6. The van der Waals surface area contributed by atoms with Crippen molar-refractivity contribution in [3.63, 3.8) is 0 Å². The topological polar surface area (TPSA) is 145 Å². The van der Waals surface area contributed by atoms with Gasteiger partial charge in [0.25, 0.3) is 0 Å². The number of hydrogen-bond donors (Lipinski definition) is 2. The molecule has 0 aliphatic rings. The zero-order chi connectivity index (χ0) is 22.4. The van der Waals surface area contributed by atoms with E-state index in [1.54, 1.807) is 13.0 Å². The average Bonchev–Trinajstić information content (AvgIpc) is 2.74. The minimum absolute atomic E-state index is 0.0235. The van der Waals surface area contributed by atoms with Crippen molar-refractivity contribution in [2.24, 2.45) is 5.10 Å². The molecule has 0 spiro atoms. The number of nitro benzene ring substituents is 1. The lowest BCUT2D eigenvalue weighted by atomic mass is 10.1. The van der Waals surface area contributed by atoms with Gasteiger partial charge in [-0.1, -0.05) is 29.8 Å². The Bertz CT molecular complexity index is 1190. The molecule has 3 rings (SSSR count). The van der Waals surface area contributed by atoms with Crippen LogP contribution in [-0.4, -0.2) is 33.4 Å². The summed E-state index contributed by atoms with van der Waals surface area (Å²) in [5, 5.41) is 21.6. The van der Waals surface area contributed by atoms with E-state index >= 15 is 0 Å². The molecular formula is C20H20N6O5. The van der Waals surface area contributed by atoms with E-state index in [9.17, 15) is 14.9 Å². The third kappa shape index (κ3) is 5.41. The molecule has 1 heterocycles. The Balaban J connectivity index is 1.85. The predicted octanol–water partition coefficient (Wildman–Crippen LogP) is 2.72. The van der Waals surface area contributed by atoms with Crippen LogP contribution < -0.4 is 20.6 Å². The monoisotopic (exact) mass is 424 g/mol. The van der Waals surface area contributed by atoms with Crippen LogP contribution in [0, 0.1) is 24.0 Å². The summed E-state index contributed by atoms with van der Waals surface area (Å²) in [6, 6.07) is 10.5. The maximum Gasteiger partial charge on any atom is 0.363 e. The van der Waals surface area contributed by atoms with Crippen molar-refractivity contribution < 1.29 is 14.4 Å². The number of hydrazone groups is 1. The Morgan fingerprint density at radius 3 is 2.81 bits per heavy atom. The van der Waals surface area contributed by atoms with Crippen LogP contribution >= 0.6 is 0 Å².